The Morgan fingerprint density at radius 2 is 1.97 bits per heavy atom. The molecule has 4 heterocycles. The van der Waals surface area contributed by atoms with Crippen molar-refractivity contribution in [1.82, 2.24) is 34.5 Å². The van der Waals surface area contributed by atoms with Crippen molar-refractivity contribution in [2.45, 2.75) is 30.7 Å². The fourth-order valence-electron chi connectivity index (χ4n) is 3.27. The third kappa shape index (κ3) is 3.66. The highest BCUT2D eigenvalue weighted by atomic mass is 32.2. The number of aromatic amines is 1. The minimum absolute atomic E-state index is 0.254. The third-order valence-corrected chi connectivity index (χ3v) is 5.48. The quantitative estimate of drug-likeness (QED) is 0.406. The number of para-hydroxylation sites is 1. The van der Waals surface area contributed by atoms with E-state index in [-0.39, 0.29) is 5.56 Å². The number of rotatable bonds is 6. The third-order valence-electron chi connectivity index (χ3n) is 4.61. The van der Waals surface area contributed by atoms with E-state index in [1.54, 1.807) is 10.9 Å². The van der Waals surface area contributed by atoms with E-state index in [1.165, 1.54) is 18.0 Å². The molecule has 0 bridgehead atoms. The van der Waals surface area contributed by atoms with Gasteiger partial charge in [0.15, 0.2) is 27.5 Å². The smallest absolute Gasteiger partial charge is 0.262 e. The lowest BCUT2D eigenvalue weighted by Gasteiger charge is -2.11. The molecule has 0 aliphatic carbocycles. The lowest BCUT2D eigenvalue weighted by molar-refractivity contribution is 0.489. The molecule has 0 saturated heterocycles. The van der Waals surface area contributed by atoms with E-state index in [2.05, 4.69) is 39.1 Å². The number of hydrogen-bond donors (Lipinski definition) is 1. The van der Waals surface area contributed by atoms with Gasteiger partial charge in [0, 0.05) is 6.54 Å². The summed E-state index contributed by atoms with van der Waals surface area (Å²) in [6.07, 6.45) is 3.13. The molecule has 0 saturated carbocycles. The van der Waals surface area contributed by atoms with Gasteiger partial charge < -0.3 is 9.40 Å². The normalized spacial score (nSPS) is 11.6. The van der Waals surface area contributed by atoms with Crippen LogP contribution in [0.3, 0.4) is 0 Å². The summed E-state index contributed by atoms with van der Waals surface area (Å²) in [6.45, 7) is 4.93. The first kappa shape index (κ1) is 19.3. The topological polar surface area (TPSA) is 107 Å². The van der Waals surface area contributed by atoms with Crippen LogP contribution < -0.4 is 5.56 Å². The first-order valence-electron chi connectivity index (χ1n) is 9.78. The molecule has 0 unspecified atom stereocenters. The predicted octanol–water partition coefficient (Wildman–Crippen LogP) is 3.77. The molecule has 0 aliphatic heterocycles. The van der Waals surface area contributed by atoms with Gasteiger partial charge in [-0.2, -0.15) is 5.10 Å². The first-order valence-corrected chi connectivity index (χ1v) is 10.6. The number of nitrogens with zero attached hydrogens (tertiary/aromatic N) is 6. The van der Waals surface area contributed by atoms with Gasteiger partial charge in [0.1, 0.15) is 5.39 Å². The number of benzene rings is 1. The summed E-state index contributed by atoms with van der Waals surface area (Å²) < 4.78 is 9.15. The van der Waals surface area contributed by atoms with Crippen molar-refractivity contribution in [3.05, 3.63) is 65.3 Å². The van der Waals surface area contributed by atoms with Crippen LogP contribution in [-0.2, 0) is 6.54 Å². The van der Waals surface area contributed by atoms with E-state index in [0.29, 0.717) is 45.4 Å². The maximum Gasteiger partial charge on any atom is 0.262 e. The second-order valence-electron chi connectivity index (χ2n) is 7.39. The summed E-state index contributed by atoms with van der Waals surface area (Å²) in [7, 11) is 0. The van der Waals surface area contributed by atoms with Crippen LogP contribution in [0, 0.1) is 5.92 Å². The van der Waals surface area contributed by atoms with Gasteiger partial charge >= 0.3 is 0 Å². The summed E-state index contributed by atoms with van der Waals surface area (Å²) in [6, 6.07) is 13.2. The molecule has 5 rings (SSSR count). The molecule has 0 amide bonds. The Labute approximate surface area is 181 Å². The van der Waals surface area contributed by atoms with Gasteiger partial charge in [-0.05, 0) is 41.9 Å². The van der Waals surface area contributed by atoms with Crippen molar-refractivity contribution >= 4 is 22.8 Å². The molecule has 0 fully saturated rings. The summed E-state index contributed by atoms with van der Waals surface area (Å²) in [5.41, 5.74) is 1.06. The largest absolute Gasteiger partial charge is 0.461 e. The number of aromatic nitrogens is 7. The maximum atomic E-state index is 12.7. The molecule has 0 aliphatic rings. The van der Waals surface area contributed by atoms with E-state index in [4.69, 9.17) is 4.42 Å². The van der Waals surface area contributed by atoms with Crippen molar-refractivity contribution < 1.29 is 4.42 Å². The summed E-state index contributed by atoms with van der Waals surface area (Å²) in [5, 5.41) is 14.4. The van der Waals surface area contributed by atoms with Crippen LogP contribution in [-0.4, -0.2) is 34.5 Å². The molecular formula is C21H19N7O2S. The minimum atomic E-state index is -0.254. The zero-order valence-electron chi connectivity index (χ0n) is 16.9. The molecule has 156 valence electrons. The lowest BCUT2D eigenvalue weighted by Crippen LogP contribution is -2.11. The Bertz CT molecular complexity index is 1380. The van der Waals surface area contributed by atoms with E-state index < -0.39 is 0 Å². The Balaban J connectivity index is 1.58. The fourth-order valence-corrected chi connectivity index (χ4v) is 4.07. The molecule has 0 atom stereocenters. The second-order valence-corrected chi connectivity index (χ2v) is 8.35. The van der Waals surface area contributed by atoms with E-state index in [0.717, 1.165) is 5.69 Å². The standard InChI is InChI=1S/C21H19N7O2S/c1-13(2)12-27-18(16-9-6-10-30-16)25-26-21(27)31-20-23-17-15(19(29)24-20)11-22-28(17)14-7-4-3-5-8-14/h3-11,13H,12H2,1-2H3,(H,23,24,29). The molecule has 0 radical (unpaired) electrons. The maximum absolute atomic E-state index is 12.7. The Hall–Kier alpha value is -3.66. The van der Waals surface area contributed by atoms with Gasteiger partial charge in [-0.1, -0.05) is 32.0 Å². The number of nitrogens with one attached hydrogen (secondary N) is 1. The molecule has 1 N–H and O–H groups in total. The van der Waals surface area contributed by atoms with Gasteiger partial charge in [-0.3, -0.25) is 9.36 Å². The van der Waals surface area contributed by atoms with Gasteiger partial charge in [0.05, 0.1) is 18.1 Å². The average Bonchev–Trinajstić information content (AvgIpc) is 3.49. The lowest BCUT2D eigenvalue weighted by atomic mass is 10.2. The van der Waals surface area contributed by atoms with Gasteiger partial charge in [0.2, 0.25) is 0 Å². The van der Waals surface area contributed by atoms with Crippen LogP contribution >= 0.6 is 11.8 Å². The Morgan fingerprint density at radius 1 is 1.13 bits per heavy atom. The molecule has 10 heteroatoms. The highest BCUT2D eigenvalue weighted by Gasteiger charge is 2.20. The zero-order valence-corrected chi connectivity index (χ0v) is 17.7. The number of fused-ring (bicyclic) bond motifs is 1. The van der Waals surface area contributed by atoms with Gasteiger partial charge in [-0.25, -0.2) is 9.67 Å². The summed E-state index contributed by atoms with van der Waals surface area (Å²) in [4.78, 5) is 20.2. The summed E-state index contributed by atoms with van der Waals surface area (Å²) >= 11 is 1.25. The molecule has 31 heavy (non-hydrogen) atoms. The summed E-state index contributed by atoms with van der Waals surface area (Å²) in [5.74, 6) is 1.64. The molecule has 5 aromatic rings. The van der Waals surface area contributed by atoms with Crippen molar-refractivity contribution in [3.8, 4) is 17.3 Å². The van der Waals surface area contributed by atoms with E-state index in [1.807, 2.05) is 47.0 Å². The second kappa shape index (κ2) is 7.88. The van der Waals surface area contributed by atoms with E-state index in [9.17, 15) is 4.79 Å². The first-order chi connectivity index (χ1) is 15.1. The zero-order chi connectivity index (χ0) is 21.4. The van der Waals surface area contributed by atoms with Crippen LogP contribution in [0.1, 0.15) is 13.8 Å². The van der Waals surface area contributed by atoms with Crippen LogP contribution in [0.4, 0.5) is 0 Å². The Morgan fingerprint density at radius 3 is 2.71 bits per heavy atom. The highest BCUT2D eigenvalue weighted by Crippen LogP contribution is 2.29. The molecular weight excluding hydrogens is 414 g/mol. The van der Waals surface area contributed by atoms with Crippen LogP contribution in [0.5, 0.6) is 0 Å². The number of hydrogen-bond acceptors (Lipinski definition) is 7. The SMILES string of the molecule is CC(C)Cn1c(Sc2nc3c(cnn3-c3ccccc3)c(=O)[nH]2)nnc1-c1ccco1. The van der Waals surface area contributed by atoms with Crippen molar-refractivity contribution in [1.29, 1.82) is 0 Å². The van der Waals surface area contributed by atoms with Crippen molar-refractivity contribution in [3.63, 3.8) is 0 Å². The number of furan rings is 1. The molecule has 1 aromatic carbocycles. The molecule has 9 nitrogen and oxygen atoms in total. The van der Waals surface area contributed by atoms with Crippen LogP contribution in [0.25, 0.3) is 28.3 Å². The van der Waals surface area contributed by atoms with E-state index >= 15 is 0 Å². The van der Waals surface area contributed by atoms with Crippen molar-refractivity contribution in [2.75, 3.05) is 0 Å². The highest BCUT2D eigenvalue weighted by molar-refractivity contribution is 7.99. The molecule has 0 spiro atoms. The van der Waals surface area contributed by atoms with Crippen LogP contribution in [0.15, 0.2) is 74.4 Å². The molecule has 4 aromatic heterocycles. The van der Waals surface area contributed by atoms with Gasteiger partial charge in [0.25, 0.3) is 5.56 Å². The monoisotopic (exact) mass is 433 g/mol. The van der Waals surface area contributed by atoms with Crippen molar-refractivity contribution in [2.24, 2.45) is 5.92 Å². The number of H-pyrrole nitrogens is 1. The minimum Gasteiger partial charge on any atom is -0.461 e. The predicted molar refractivity (Wildman–Crippen MR) is 116 cm³/mol. The van der Waals surface area contributed by atoms with Crippen LogP contribution in [0.2, 0.25) is 0 Å². The Kier molecular flexibility index (Phi) is 4.91. The average molecular weight is 433 g/mol. The van der Waals surface area contributed by atoms with Gasteiger partial charge in [-0.15, -0.1) is 10.2 Å². The fraction of sp³-hybridized carbons (Fsp3) is 0.190.